The summed E-state index contributed by atoms with van der Waals surface area (Å²) in [6.45, 7) is 10.3. The number of Topliss-reactive ketones (excluding diaryl/α,β-unsaturated/α-hetero) is 1. The molecule has 0 bridgehead atoms. The van der Waals surface area contributed by atoms with Crippen LogP contribution < -0.4 is 0 Å². The first-order valence-corrected chi connectivity index (χ1v) is 12.3. The molecule has 27 heavy (non-hydrogen) atoms. The molecule has 0 fully saturated rings. The van der Waals surface area contributed by atoms with Gasteiger partial charge in [-0.1, -0.05) is 129 Å². The summed E-state index contributed by atoms with van der Waals surface area (Å²) in [5.74, 6) is 0.332. The number of hydrogen-bond donors (Lipinski definition) is 0. The van der Waals surface area contributed by atoms with Gasteiger partial charge < -0.3 is 0 Å². The molecule has 0 N–H and O–H groups in total. The average molecular weight is 379 g/mol. The lowest BCUT2D eigenvalue weighted by molar-refractivity contribution is -0.124. The largest absolute Gasteiger partial charge is 0.299 e. The molecule has 0 rings (SSSR count). The van der Waals surface area contributed by atoms with Crippen LogP contribution in [0.25, 0.3) is 0 Å². The zero-order valence-corrected chi connectivity index (χ0v) is 19.1. The predicted molar refractivity (Wildman–Crippen MR) is 122 cm³/mol. The monoisotopic (exact) mass is 378 g/mol. The van der Waals surface area contributed by atoms with E-state index in [4.69, 9.17) is 0 Å². The number of unbranched alkanes of at least 4 members (excludes halogenated alkanes) is 15. The number of rotatable bonds is 21. The molecule has 0 aliphatic heterocycles. The SMILES string of the molecule is C=CC(CCCCCCCC)(CCCCCCCCCCCCC)C(C)=O. The minimum Gasteiger partial charge on any atom is -0.299 e. The Labute approximate surface area is 171 Å². The fourth-order valence-corrected chi connectivity index (χ4v) is 4.15. The van der Waals surface area contributed by atoms with Crippen molar-refractivity contribution in [1.82, 2.24) is 0 Å². The van der Waals surface area contributed by atoms with Gasteiger partial charge in [-0.3, -0.25) is 4.79 Å². The van der Waals surface area contributed by atoms with Crippen molar-refractivity contribution in [3.8, 4) is 0 Å². The van der Waals surface area contributed by atoms with Gasteiger partial charge in [0.15, 0.2) is 0 Å². The van der Waals surface area contributed by atoms with E-state index in [-0.39, 0.29) is 5.41 Å². The lowest BCUT2D eigenvalue weighted by Crippen LogP contribution is -2.26. The molecule has 0 aliphatic rings. The molecule has 0 radical (unpaired) electrons. The Bertz CT molecular complexity index is 346. The van der Waals surface area contributed by atoms with Crippen molar-refractivity contribution in [2.75, 3.05) is 0 Å². The Kier molecular flexibility index (Phi) is 18.3. The molecule has 0 aliphatic carbocycles. The van der Waals surface area contributed by atoms with Crippen LogP contribution in [0.1, 0.15) is 143 Å². The number of carbonyl (C=O) groups excluding carboxylic acids is 1. The molecular formula is C26H50O. The first-order valence-electron chi connectivity index (χ1n) is 12.3. The predicted octanol–water partition coefficient (Wildman–Crippen LogP) is 9.20. The highest BCUT2D eigenvalue weighted by Crippen LogP contribution is 2.34. The molecule has 1 heteroatoms. The van der Waals surface area contributed by atoms with E-state index in [9.17, 15) is 4.79 Å². The van der Waals surface area contributed by atoms with Crippen molar-refractivity contribution in [1.29, 1.82) is 0 Å². The first kappa shape index (κ1) is 26.4. The lowest BCUT2D eigenvalue weighted by Gasteiger charge is -2.28. The average Bonchev–Trinajstić information content (AvgIpc) is 2.67. The molecule has 0 aromatic rings. The normalized spacial score (nSPS) is 13.4. The fourth-order valence-electron chi connectivity index (χ4n) is 4.15. The van der Waals surface area contributed by atoms with Gasteiger partial charge >= 0.3 is 0 Å². The van der Waals surface area contributed by atoms with Crippen LogP contribution in [0.3, 0.4) is 0 Å². The van der Waals surface area contributed by atoms with Gasteiger partial charge in [0.1, 0.15) is 5.78 Å². The van der Waals surface area contributed by atoms with Crippen LogP contribution in [0.15, 0.2) is 12.7 Å². The van der Waals surface area contributed by atoms with Crippen LogP contribution in [-0.2, 0) is 4.79 Å². The summed E-state index contributed by atoms with van der Waals surface area (Å²) in [5.41, 5.74) is -0.246. The van der Waals surface area contributed by atoms with E-state index in [2.05, 4.69) is 20.4 Å². The van der Waals surface area contributed by atoms with Crippen LogP contribution in [-0.4, -0.2) is 5.78 Å². The Balaban J connectivity index is 3.84. The third-order valence-corrected chi connectivity index (χ3v) is 6.29. The topological polar surface area (TPSA) is 17.1 Å². The third-order valence-electron chi connectivity index (χ3n) is 6.29. The quantitative estimate of drug-likeness (QED) is 0.144. The van der Waals surface area contributed by atoms with Crippen molar-refractivity contribution in [3.63, 3.8) is 0 Å². The molecule has 1 atom stereocenters. The molecule has 0 aromatic heterocycles. The molecule has 0 spiro atoms. The Morgan fingerprint density at radius 3 is 1.19 bits per heavy atom. The molecule has 0 aromatic carbocycles. The van der Waals surface area contributed by atoms with E-state index in [1.54, 1.807) is 6.92 Å². The van der Waals surface area contributed by atoms with Gasteiger partial charge in [-0.2, -0.15) is 0 Å². The van der Waals surface area contributed by atoms with Crippen LogP contribution in [0.4, 0.5) is 0 Å². The van der Waals surface area contributed by atoms with E-state index in [1.807, 2.05) is 6.08 Å². The van der Waals surface area contributed by atoms with Crippen LogP contribution >= 0.6 is 0 Å². The van der Waals surface area contributed by atoms with E-state index < -0.39 is 0 Å². The molecule has 0 amide bonds. The summed E-state index contributed by atoms with van der Waals surface area (Å²) in [4.78, 5) is 12.3. The molecule has 0 saturated heterocycles. The zero-order valence-electron chi connectivity index (χ0n) is 19.1. The first-order chi connectivity index (χ1) is 13.1. The highest BCUT2D eigenvalue weighted by Gasteiger charge is 2.30. The second-order valence-electron chi connectivity index (χ2n) is 8.72. The van der Waals surface area contributed by atoms with E-state index in [1.165, 1.54) is 109 Å². The van der Waals surface area contributed by atoms with E-state index in [0.29, 0.717) is 5.78 Å². The minimum atomic E-state index is -0.246. The van der Waals surface area contributed by atoms with Gasteiger partial charge in [0.25, 0.3) is 0 Å². The smallest absolute Gasteiger partial charge is 0.139 e. The molecule has 160 valence electrons. The van der Waals surface area contributed by atoms with Crippen LogP contribution in [0.5, 0.6) is 0 Å². The maximum atomic E-state index is 12.3. The second kappa shape index (κ2) is 18.8. The number of carbonyl (C=O) groups is 1. The van der Waals surface area contributed by atoms with Gasteiger partial charge in [-0.05, 0) is 19.8 Å². The summed E-state index contributed by atoms with van der Waals surface area (Å²) in [6, 6.07) is 0. The molecule has 1 nitrogen and oxygen atoms in total. The molecular weight excluding hydrogens is 328 g/mol. The second-order valence-corrected chi connectivity index (χ2v) is 8.72. The van der Waals surface area contributed by atoms with Crippen molar-refractivity contribution >= 4 is 5.78 Å². The van der Waals surface area contributed by atoms with Gasteiger partial charge in [-0.25, -0.2) is 0 Å². The molecule has 1 unspecified atom stereocenters. The Morgan fingerprint density at radius 2 is 0.926 bits per heavy atom. The van der Waals surface area contributed by atoms with Crippen molar-refractivity contribution < 1.29 is 4.79 Å². The van der Waals surface area contributed by atoms with Crippen molar-refractivity contribution in [2.45, 2.75) is 143 Å². The highest BCUT2D eigenvalue weighted by atomic mass is 16.1. The van der Waals surface area contributed by atoms with Crippen LogP contribution in [0.2, 0.25) is 0 Å². The maximum Gasteiger partial charge on any atom is 0.139 e. The van der Waals surface area contributed by atoms with E-state index >= 15 is 0 Å². The summed E-state index contributed by atoms with van der Waals surface area (Å²) >= 11 is 0. The van der Waals surface area contributed by atoms with Crippen molar-refractivity contribution in [2.24, 2.45) is 5.41 Å². The number of allylic oxidation sites excluding steroid dienone is 1. The Morgan fingerprint density at radius 1 is 0.630 bits per heavy atom. The minimum absolute atomic E-state index is 0.246. The maximum absolute atomic E-state index is 12.3. The van der Waals surface area contributed by atoms with Gasteiger partial charge in [0.2, 0.25) is 0 Å². The molecule has 0 saturated carbocycles. The highest BCUT2D eigenvalue weighted by molar-refractivity contribution is 5.84. The van der Waals surface area contributed by atoms with Crippen LogP contribution in [0, 0.1) is 5.41 Å². The zero-order chi connectivity index (χ0) is 20.2. The Hall–Kier alpha value is -0.590. The van der Waals surface area contributed by atoms with E-state index in [0.717, 1.165) is 12.8 Å². The summed E-state index contributed by atoms with van der Waals surface area (Å²) in [6.07, 6.45) is 26.7. The van der Waals surface area contributed by atoms with Crippen molar-refractivity contribution in [3.05, 3.63) is 12.7 Å². The molecule has 0 heterocycles. The number of hydrogen-bond acceptors (Lipinski definition) is 1. The lowest BCUT2D eigenvalue weighted by atomic mass is 9.75. The summed E-state index contributed by atoms with van der Waals surface area (Å²) < 4.78 is 0. The van der Waals surface area contributed by atoms with Gasteiger partial charge in [-0.15, -0.1) is 6.58 Å². The standard InChI is InChI=1S/C26H50O/c1-5-8-10-12-14-15-16-17-18-20-22-24-26(7-3,25(4)27)23-21-19-13-11-9-6-2/h7H,3,5-6,8-24H2,1-2,4H3. The summed E-state index contributed by atoms with van der Waals surface area (Å²) in [7, 11) is 0. The summed E-state index contributed by atoms with van der Waals surface area (Å²) in [5, 5.41) is 0. The van der Waals surface area contributed by atoms with Gasteiger partial charge in [0.05, 0.1) is 0 Å². The van der Waals surface area contributed by atoms with Gasteiger partial charge in [0, 0.05) is 5.41 Å². The fraction of sp³-hybridized carbons (Fsp3) is 0.885. The number of ketones is 1. The third kappa shape index (κ3) is 14.1.